The number of aryl methyl sites for hydroxylation is 2. The van der Waals surface area contributed by atoms with Crippen molar-refractivity contribution in [3.63, 3.8) is 0 Å². The van der Waals surface area contributed by atoms with Crippen molar-refractivity contribution in [2.24, 2.45) is 0 Å². The Hall–Kier alpha value is -2.37. The lowest BCUT2D eigenvalue weighted by Crippen LogP contribution is -2.49. The monoisotopic (exact) mass is 314 g/mol. The lowest BCUT2D eigenvalue weighted by molar-refractivity contribution is -0.131. The van der Waals surface area contributed by atoms with E-state index in [1.807, 2.05) is 34.9 Å². The molecule has 6 heteroatoms. The van der Waals surface area contributed by atoms with Crippen molar-refractivity contribution in [3.05, 3.63) is 41.8 Å². The molecule has 1 aromatic carbocycles. The average Bonchev–Trinajstić information content (AvgIpc) is 3.10. The number of nitrogens with zero attached hydrogens (tertiary/aromatic N) is 4. The van der Waals surface area contributed by atoms with Gasteiger partial charge in [-0.05, 0) is 12.0 Å². The lowest BCUT2D eigenvalue weighted by Gasteiger charge is -2.33. The van der Waals surface area contributed by atoms with Crippen LogP contribution in [0, 0.1) is 0 Å². The molecule has 0 spiro atoms. The summed E-state index contributed by atoms with van der Waals surface area (Å²) in [5, 5.41) is 8.05. The third kappa shape index (κ3) is 3.88. The van der Waals surface area contributed by atoms with Crippen LogP contribution in [0.15, 0.2) is 34.7 Å². The maximum Gasteiger partial charge on any atom is 0.318 e. The fourth-order valence-corrected chi connectivity index (χ4v) is 2.72. The second kappa shape index (κ2) is 7.26. The largest absolute Gasteiger partial charge is 0.408 e. The molecule has 2 heterocycles. The van der Waals surface area contributed by atoms with Crippen LogP contribution >= 0.6 is 0 Å². The highest BCUT2D eigenvalue weighted by atomic mass is 16.4. The van der Waals surface area contributed by atoms with Crippen LogP contribution in [0.2, 0.25) is 0 Å². The average molecular weight is 314 g/mol. The van der Waals surface area contributed by atoms with Crippen LogP contribution < -0.4 is 4.90 Å². The van der Waals surface area contributed by atoms with Gasteiger partial charge >= 0.3 is 6.01 Å². The minimum Gasteiger partial charge on any atom is -0.408 e. The second-order valence-corrected chi connectivity index (χ2v) is 5.69. The number of anilines is 1. The molecule has 3 rings (SSSR count). The molecule has 6 nitrogen and oxygen atoms in total. The summed E-state index contributed by atoms with van der Waals surface area (Å²) >= 11 is 0. The summed E-state index contributed by atoms with van der Waals surface area (Å²) in [5.74, 6) is 0.870. The first-order valence-electron chi connectivity index (χ1n) is 8.15. The molecule has 1 saturated heterocycles. The summed E-state index contributed by atoms with van der Waals surface area (Å²) in [6.07, 6.45) is 2.10. The van der Waals surface area contributed by atoms with Crippen molar-refractivity contribution in [2.45, 2.75) is 26.2 Å². The molecule has 1 fully saturated rings. The van der Waals surface area contributed by atoms with E-state index in [9.17, 15) is 4.79 Å². The smallest absolute Gasteiger partial charge is 0.318 e. The van der Waals surface area contributed by atoms with E-state index in [-0.39, 0.29) is 5.91 Å². The van der Waals surface area contributed by atoms with Gasteiger partial charge in [0, 0.05) is 39.0 Å². The number of carbonyl (C=O) groups excluding carboxylic acids is 1. The van der Waals surface area contributed by atoms with Crippen LogP contribution in [-0.4, -0.2) is 47.2 Å². The molecule has 23 heavy (non-hydrogen) atoms. The zero-order valence-corrected chi connectivity index (χ0v) is 13.4. The predicted molar refractivity (Wildman–Crippen MR) is 87.2 cm³/mol. The van der Waals surface area contributed by atoms with Crippen molar-refractivity contribution in [2.75, 3.05) is 31.1 Å². The van der Waals surface area contributed by atoms with Gasteiger partial charge in [-0.25, -0.2) is 0 Å². The van der Waals surface area contributed by atoms with E-state index in [0.29, 0.717) is 31.4 Å². The molecule has 0 bridgehead atoms. The van der Waals surface area contributed by atoms with E-state index in [1.165, 1.54) is 5.56 Å². The molecule has 1 aliphatic rings. The van der Waals surface area contributed by atoms with Gasteiger partial charge in [0.25, 0.3) is 0 Å². The first-order valence-corrected chi connectivity index (χ1v) is 8.15. The molecule has 0 N–H and O–H groups in total. The topological polar surface area (TPSA) is 62.5 Å². The van der Waals surface area contributed by atoms with Gasteiger partial charge in [-0.3, -0.25) is 4.79 Å². The number of hydrogen-bond acceptors (Lipinski definition) is 5. The molecule has 0 saturated carbocycles. The number of amides is 1. The number of rotatable bonds is 5. The molecular formula is C17H22N4O2. The number of piperazine rings is 1. The normalized spacial score (nSPS) is 15.0. The van der Waals surface area contributed by atoms with E-state index in [1.54, 1.807) is 0 Å². The second-order valence-electron chi connectivity index (χ2n) is 5.69. The Kier molecular flexibility index (Phi) is 4.90. The Morgan fingerprint density at radius 3 is 2.52 bits per heavy atom. The molecule has 1 amide bonds. The highest BCUT2D eigenvalue weighted by Crippen LogP contribution is 2.15. The van der Waals surface area contributed by atoms with Crippen molar-refractivity contribution < 1.29 is 9.21 Å². The van der Waals surface area contributed by atoms with Crippen LogP contribution in [-0.2, 0) is 17.6 Å². The van der Waals surface area contributed by atoms with Crippen LogP contribution in [0.1, 0.15) is 24.8 Å². The number of hydrogen-bond donors (Lipinski definition) is 0. The maximum absolute atomic E-state index is 12.3. The van der Waals surface area contributed by atoms with Crippen LogP contribution in [0.25, 0.3) is 0 Å². The fraction of sp³-hybridized carbons (Fsp3) is 0.471. The molecule has 122 valence electrons. The summed E-state index contributed by atoms with van der Waals surface area (Å²) in [6, 6.07) is 10.7. The molecule has 0 atom stereocenters. The van der Waals surface area contributed by atoms with Gasteiger partial charge in [-0.2, -0.15) is 0 Å². The summed E-state index contributed by atoms with van der Waals surface area (Å²) in [4.78, 5) is 16.3. The molecule has 0 aliphatic carbocycles. The van der Waals surface area contributed by atoms with Gasteiger partial charge in [0.05, 0.1) is 0 Å². The zero-order valence-electron chi connectivity index (χ0n) is 13.4. The van der Waals surface area contributed by atoms with Gasteiger partial charge in [0.1, 0.15) is 0 Å². The van der Waals surface area contributed by atoms with Gasteiger partial charge in [0.15, 0.2) is 0 Å². The van der Waals surface area contributed by atoms with Gasteiger partial charge in [-0.1, -0.05) is 42.4 Å². The summed E-state index contributed by atoms with van der Waals surface area (Å²) in [5.41, 5.74) is 1.21. The van der Waals surface area contributed by atoms with Crippen molar-refractivity contribution in [1.29, 1.82) is 0 Å². The van der Waals surface area contributed by atoms with Crippen LogP contribution in [0.5, 0.6) is 0 Å². The fourth-order valence-electron chi connectivity index (χ4n) is 2.72. The number of benzene rings is 1. The Balaban J connectivity index is 1.47. The Labute approximate surface area is 136 Å². The molecule has 0 radical (unpaired) electrons. The highest BCUT2D eigenvalue weighted by Gasteiger charge is 2.23. The SMILES string of the molecule is CCc1nnc(N2CCN(C(=O)CCc3ccccc3)CC2)o1. The van der Waals surface area contributed by atoms with Gasteiger partial charge < -0.3 is 14.2 Å². The van der Waals surface area contributed by atoms with Gasteiger partial charge in [-0.15, -0.1) is 5.10 Å². The Morgan fingerprint density at radius 1 is 1.13 bits per heavy atom. The number of carbonyl (C=O) groups is 1. The number of aromatic nitrogens is 2. The first kappa shape index (κ1) is 15.5. The van der Waals surface area contributed by atoms with Crippen molar-refractivity contribution in [1.82, 2.24) is 15.1 Å². The Bertz CT molecular complexity index is 633. The van der Waals surface area contributed by atoms with Crippen LogP contribution in [0.3, 0.4) is 0 Å². The molecular weight excluding hydrogens is 292 g/mol. The van der Waals surface area contributed by atoms with E-state index in [4.69, 9.17) is 4.42 Å². The summed E-state index contributed by atoms with van der Waals surface area (Å²) in [7, 11) is 0. The maximum atomic E-state index is 12.3. The van der Waals surface area contributed by atoms with Crippen molar-refractivity contribution in [3.8, 4) is 0 Å². The van der Waals surface area contributed by atoms with Crippen LogP contribution in [0.4, 0.5) is 6.01 Å². The third-order valence-electron chi connectivity index (χ3n) is 4.13. The Morgan fingerprint density at radius 2 is 1.87 bits per heavy atom. The predicted octanol–water partition coefficient (Wildman–Crippen LogP) is 1.91. The quantitative estimate of drug-likeness (QED) is 0.843. The van der Waals surface area contributed by atoms with E-state index in [2.05, 4.69) is 22.3 Å². The molecule has 2 aromatic rings. The molecule has 1 aliphatic heterocycles. The highest BCUT2D eigenvalue weighted by molar-refractivity contribution is 5.76. The minimum atomic E-state index is 0.216. The van der Waals surface area contributed by atoms with E-state index < -0.39 is 0 Å². The van der Waals surface area contributed by atoms with Crippen molar-refractivity contribution >= 4 is 11.9 Å². The minimum absolute atomic E-state index is 0.216. The summed E-state index contributed by atoms with van der Waals surface area (Å²) in [6.45, 7) is 4.88. The first-order chi connectivity index (χ1) is 11.3. The van der Waals surface area contributed by atoms with E-state index >= 15 is 0 Å². The zero-order chi connectivity index (χ0) is 16.1. The molecule has 1 aromatic heterocycles. The lowest BCUT2D eigenvalue weighted by atomic mass is 10.1. The van der Waals surface area contributed by atoms with Gasteiger partial charge in [0.2, 0.25) is 11.8 Å². The summed E-state index contributed by atoms with van der Waals surface area (Å²) < 4.78 is 5.57. The molecule has 0 unspecified atom stereocenters. The standard InChI is InChI=1S/C17H22N4O2/c1-2-15-18-19-17(23-15)21-12-10-20(11-13-21)16(22)9-8-14-6-4-3-5-7-14/h3-7H,2,8-13H2,1H3. The third-order valence-corrected chi connectivity index (χ3v) is 4.13. The van der Waals surface area contributed by atoms with E-state index in [0.717, 1.165) is 25.9 Å².